The summed E-state index contributed by atoms with van der Waals surface area (Å²) >= 11 is 0. The summed E-state index contributed by atoms with van der Waals surface area (Å²) in [5.74, 6) is -0.640. The Hall–Kier alpha value is -1.90. The lowest BCUT2D eigenvalue weighted by Gasteiger charge is -2.33. The minimum atomic E-state index is -0.696. The average molecular weight is 325 g/mol. The van der Waals surface area contributed by atoms with E-state index in [0.717, 1.165) is 18.8 Å². The number of carbonyl (C=O) groups is 2. The van der Waals surface area contributed by atoms with Crippen molar-refractivity contribution in [2.45, 2.75) is 12.5 Å². The summed E-state index contributed by atoms with van der Waals surface area (Å²) in [5, 5.41) is 13.8. The van der Waals surface area contributed by atoms with Gasteiger partial charge in [-0.15, -0.1) is 0 Å². The Morgan fingerprint density at radius 3 is 2.65 bits per heavy atom. The number of aliphatic hydroxyl groups is 1. The summed E-state index contributed by atoms with van der Waals surface area (Å²) < 4.78 is 10.8. The Morgan fingerprint density at radius 2 is 2.00 bits per heavy atom. The number of rotatable bonds is 7. The molecule has 1 aliphatic rings. The van der Waals surface area contributed by atoms with Crippen LogP contribution in [0.1, 0.15) is 18.2 Å². The Labute approximate surface area is 134 Å². The van der Waals surface area contributed by atoms with Gasteiger partial charge in [-0.3, -0.25) is 14.5 Å². The highest BCUT2D eigenvalue weighted by Gasteiger charge is 2.26. The zero-order chi connectivity index (χ0) is 16.5. The third-order valence-corrected chi connectivity index (χ3v) is 3.64. The maximum Gasteiger partial charge on any atom is 0.309 e. The Morgan fingerprint density at radius 1 is 1.26 bits per heavy atom. The molecule has 2 amide bonds. The molecule has 0 saturated carbocycles. The van der Waals surface area contributed by atoms with Gasteiger partial charge in [-0.05, 0) is 18.6 Å². The summed E-state index contributed by atoms with van der Waals surface area (Å²) in [7, 11) is 0. The van der Waals surface area contributed by atoms with Crippen molar-refractivity contribution < 1.29 is 23.8 Å². The zero-order valence-corrected chi connectivity index (χ0v) is 13.0. The molecule has 1 atom stereocenters. The highest BCUT2D eigenvalue weighted by molar-refractivity contribution is 6.35. The molecule has 1 aromatic heterocycles. The molecular formula is C15H23N3O5. The molecule has 1 saturated heterocycles. The predicted octanol–water partition coefficient (Wildman–Crippen LogP) is -0.732. The molecule has 0 bridgehead atoms. The van der Waals surface area contributed by atoms with Crippen molar-refractivity contribution in [3.05, 3.63) is 24.2 Å². The molecule has 3 N–H and O–H groups in total. The number of morpholine rings is 1. The van der Waals surface area contributed by atoms with Gasteiger partial charge in [-0.2, -0.15) is 0 Å². The van der Waals surface area contributed by atoms with Crippen LogP contribution in [0.25, 0.3) is 0 Å². The van der Waals surface area contributed by atoms with Gasteiger partial charge in [0.25, 0.3) is 0 Å². The van der Waals surface area contributed by atoms with Gasteiger partial charge in [-0.25, -0.2) is 0 Å². The molecule has 1 aliphatic heterocycles. The van der Waals surface area contributed by atoms with E-state index < -0.39 is 11.8 Å². The van der Waals surface area contributed by atoms with Crippen LogP contribution in [0.4, 0.5) is 0 Å². The lowest BCUT2D eigenvalue weighted by Crippen LogP contribution is -2.46. The minimum Gasteiger partial charge on any atom is -0.468 e. The number of aliphatic hydroxyl groups excluding tert-OH is 1. The lowest BCUT2D eigenvalue weighted by atomic mass is 10.1. The predicted molar refractivity (Wildman–Crippen MR) is 81.6 cm³/mol. The molecule has 23 heavy (non-hydrogen) atoms. The van der Waals surface area contributed by atoms with Crippen molar-refractivity contribution in [3.63, 3.8) is 0 Å². The van der Waals surface area contributed by atoms with Gasteiger partial charge in [0, 0.05) is 32.8 Å². The highest BCUT2D eigenvalue weighted by atomic mass is 16.5. The van der Waals surface area contributed by atoms with Crippen LogP contribution in [0.5, 0.6) is 0 Å². The minimum absolute atomic E-state index is 0.0283. The molecule has 8 nitrogen and oxygen atoms in total. The van der Waals surface area contributed by atoms with Gasteiger partial charge in [-0.1, -0.05) is 0 Å². The molecule has 128 valence electrons. The van der Waals surface area contributed by atoms with Crippen molar-refractivity contribution in [1.82, 2.24) is 15.5 Å². The van der Waals surface area contributed by atoms with Crippen LogP contribution in [-0.2, 0) is 14.3 Å². The van der Waals surface area contributed by atoms with Crippen LogP contribution >= 0.6 is 0 Å². The zero-order valence-electron chi connectivity index (χ0n) is 13.0. The quantitative estimate of drug-likeness (QED) is 0.451. The number of carbonyl (C=O) groups excluding carboxylic acids is 2. The summed E-state index contributed by atoms with van der Waals surface area (Å²) in [6, 6.07) is 3.52. The van der Waals surface area contributed by atoms with E-state index >= 15 is 0 Å². The van der Waals surface area contributed by atoms with Gasteiger partial charge in [0.05, 0.1) is 25.5 Å². The van der Waals surface area contributed by atoms with Crippen molar-refractivity contribution in [2.75, 3.05) is 46.0 Å². The molecule has 0 aliphatic carbocycles. The third kappa shape index (κ3) is 5.34. The van der Waals surface area contributed by atoms with Crippen molar-refractivity contribution in [3.8, 4) is 0 Å². The van der Waals surface area contributed by atoms with Crippen molar-refractivity contribution in [1.29, 1.82) is 0 Å². The molecule has 2 heterocycles. The van der Waals surface area contributed by atoms with Gasteiger partial charge < -0.3 is 24.9 Å². The van der Waals surface area contributed by atoms with Gasteiger partial charge in [0.15, 0.2) is 0 Å². The largest absolute Gasteiger partial charge is 0.468 e. The second-order valence-electron chi connectivity index (χ2n) is 5.22. The number of hydrogen-bond acceptors (Lipinski definition) is 6. The summed E-state index contributed by atoms with van der Waals surface area (Å²) in [6.45, 7) is 3.26. The van der Waals surface area contributed by atoms with Gasteiger partial charge >= 0.3 is 11.8 Å². The van der Waals surface area contributed by atoms with Crippen LogP contribution in [0.2, 0.25) is 0 Å². The van der Waals surface area contributed by atoms with E-state index in [1.807, 2.05) is 6.07 Å². The number of furan rings is 1. The summed E-state index contributed by atoms with van der Waals surface area (Å²) in [5.41, 5.74) is 0. The Balaban J connectivity index is 1.88. The monoisotopic (exact) mass is 325 g/mol. The molecule has 0 spiro atoms. The van der Waals surface area contributed by atoms with E-state index in [4.69, 9.17) is 14.3 Å². The fourth-order valence-electron chi connectivity index (χ4n) is 2.41. The van der Waals surface area contributed by atoms with Crippen LogP contribution < -0.4 is 10.6 Å². The molecule has 8 heteroatoms. The number of nitrogens with zero attached hydrogens (tertiary/aromatic N) is 1. The fourth-order valence-corrected chi connectivity index (χ4v) is 2.41. The van der Waals surface area contributed by atoms with E-state index in [0.29, 0.717) is 19.6 Å². The second kappa shape index (κ2) is 9.29. The third-order valence-electron chi connectivity index (χ3n) is 3.64. The molecule has 1 aromatic rings. The van der Waals surface area contributed by atoms with E-state index in [1.165, 1.54) is 0 Å². The standard InChI is InChI=1S/C15H23N3O5/c19-7-2-4-16-14(20)15(21)17-11-12(13-3-1-8-23-13)18-5-9-22-10-6-18/h1,3,8,12,19H,2,4-7,9-11H2,(H,16,20)(H,17,21). The van der Waals surface area contributed by atoms with E-state index in [2.05, 4.69) is 15.5 Å². The topological polar surface area (TPSA) is 104 Å². The highest BCUT2D eigenvalue weighted by Crippen LogP contribution is 2.21. The molecule has 1 unspecified atom stereocenters. The van der Waals surface area contributed by atoms with Crippen LogP contribution in [0.3, 0.4) is 0 Å². The SMILES string of the molecule is O=C(NCCCO)C(=O)NCC(c1ccco1)N1CCOCC1. The Bertz CT molecular complexity index is 485. The first-order valence-corrected chi connectivity index (χ1v) is 7.74. The normalized spacial score (nSPS) is 16.7. The van der Waals surface area contributed by atoms with E-state index in [9.17, 15) is 9.59 Å². The number of nitrogens with one attached hydrogen (secondary N) is 2. The summed E-state index contributed by atoms with van der Waals surface area (Å²) in [6.07, 6.45) is 2.01. The van der Waals surface area contributed by atoms with Crippen molar-refractivity contribution >= 4 is 11.8 Å². The lowest BCUT2D eigenvalue weighted by molar-refractivity contribution is -0.139. The van der Waals surface area contributed by atoms with Crippen LogP contribution in [0.15, 0.2) is 22.8 Å². The Kier molecular flexibility index (Phi) is 7.05. The molecular weight excluding hydrogens is 302 g/mol. The number of hydrogen-bond donors (Lipinski definition) is 3. The maximum absolute atomic E-state index is 11.8. The van der Waals surface area contributed by atoms with E-state index in [-0.39, 0.29) is 25.7 Å². The average Bonchev–Trinajstić information content (AvgIpc) is 3.10. The molecule has 1 fully saturated rings. The smallest absolute Gasteiger partial charge is 0.309 e. The first-order valence-electron chi connectivity index (χ1n) is 7.74. The van der Waals surface area contributed by atoms with Crippen LogP contribution in [-0.4, -0.2) is 67.8 Å². The van der Waals surface area contributed by atoms with Gasteiger partial charge in [0.2, 0.25) is 0 Å². The molecule has 2 rings (SSSR count). The van der Waals surface area contributed by atoms with Crippen LogP contribution in [0, 0.1) is 0 Å². The number of ether oxygens (including phenoxy) is 1. The molecule has 0 aromatic carbocycles. The first-order chi connectivity index (χ1) is 11.2. The maximum atomic E-state index is 11.8. The first kappa shape index (κ1) is 17.5. The van der Waals surface area contributed by atoms with Gasteiger partial charge in [0.1, 0.15) is 5.76 Å². The van der Waals surface area contributed by atoms with Crippen molar-refractivity contribution in [2.24, 2.45) is 0 Å². The van der Waals surface area contributed by atoms with E-state index in [1.54, 1.807) is 12.3 Å². The second-order valence-corrected chi connectivity index (χ2v) is 5.22. The fraction of sp³-hybridized carbons (Fsp3) is 0.600. The molecule has 0 radical (unpaired) electrons. The summed E-state index contributed by atoms with van der Waals surface area (Å²) in [4.78, 5) is 25.6. The number of amides is 2.